The molecular formula is C13H12N4O4. The average molecular weight is 288 g/mol. The molecule has 0 radical (unpaired) electrons. The van der Waals surface area contributed by atoms with Gasteiger partial charge in [0.15, 0.2) is 5.69 Å². The van der Waals surface area contributed by atoms with Crippen LogP contribution >= 0.6 is 0 Å². The van der Waals surface area contributed by atoms with Gasteiger partial charge in [0.05, 0.1) is 24.4 Å². The molecule has 2 rings (SSSR count). The van der Waals surface area contributed by atoms with Crippen LogP contribution in [0.15, 0.2) is 36.7 Å². The molecule has 0 aliphatic rings. The van der Waals surface area contributed by atoms with E-state index in [4.69, 9.17) is 0 Å². The van der Waals surface area contributed by atoms with Crippen molar-refractivity contribution in [2.45, 2.75) is 6.54 Å². The fourth-order valence-electron chi connectivity index (χ4n) is 1.58. The average Bonchev–Trinajstić information content (AvgIpc) is 2.52. The molecule has 0 aliphatic heterocycles. The molecule has 1 aromatic heterocycles. The van der Waals surface area contributed by atoms with E-state index in [1.54, 1.807) is 12.1 Å². The Bertz CT molecular complexity index is 657. The molecule has 0 aliphatic carbocycles. The Balaban J connectivity index is 2.02. The largest absolute Gasteiger partial charge is 0.464 e. The third-order valence-electron chi connectivity index (χ3n) is 2.65. The molecule has 0 atom stereocenters. The molecule has 21 heavy (non-hydrogen) atoms. The van der Waals surface area contributed by atoms with Crippen molar-refractivity contribution in [3.05, 3.63) is 58.0 Å². The molecule has 0 fully saturated rings. The van der Waals surface area contributed by atoms with E-state index in [1.807, 2.05) is 0 Å². The first-order valence-corrected chi connectivity index (χ1v) is 5.97. The van der Waals surface area contributed by atoms with Crippen molar-refractivity contribution in [2.75, 3.05) is 12.4 Å². The third-order valence-corrected chi connectivity index (χ3v) is 2.65. The zero-order valence-electron chi connectivity index (χ0n) is 11.1. The van der Waals surface area contributed by atoms with E-state index in [1.165, 1.54) is 31.6 Å². The van der Waals surface area contributed by atoms with E-state index in [-0.39, 0.29) is 11.4 Å². The zero-order chi connectivity index (χ0) is 15.2. The van der Waals surface area contributed by atoms with Crippen LogP contribution in [0.4, 0.5) is 11.5 Å². The van der Waals surface area contributed by atoms with Crippen LogP contribution in [0, 0.1) is 10.1 Å². The van der Waals surface area contributed by atoms with Crippen LogP contribution in [-0.2, 0) is 11.3 Å². The van der Waals surface area contributed by atoms with E-state index in [2.05, 4.69) is 20.0 Å². The first-order chi connectivity index (χ1) is 10.1. The van der Waals surface area contributed by atoms with Crippen molar-refractivity contribution in [2.24, 2.45) is 0 Å². The van der Waals surface area contributed by atoms with Crippen molar-refractivity contribution < 1.29 is 14.5 Å². The molecule has 1 N–H and O–H groups in total. The number of hydrogen-bond acceptors (Lipinski definition) is 7. The normalized spacial score (nSPS) is 9.95. The highest BCUT2D eigenvalue weighted by Crippen LogP contribution is 2.13. The molecule has 0 saturated heterocycles. The molecule has 0 saturated carbocycles. The fraction of sp³-hybridized carbons (Fsp3) is 0.154. The number of carbonyl (C=O) groups is 1. The van der Waals surface area contributed by atoms with Crippen molar-refractivity contribution in [1.82, 2.24) is 9.97 Å². The Morgan fingerprint density at radius 3 is 2.67 bits per heavy atom. The second kappa shape index (κ2) is 6.42. The number of esters is 1. The monoisotopic (exact) mass is 288 g/mol. The number of carbonyl (C=O) groups excluding carboxylic acids is 1. The van der Waals surface area contributed by atoms with Gasteiger partial charge < -0.3 is 10.1 Å². The van der Waals surface area contributed by atoms with E-state index < -0.39 is 10.9 Å². The molecule has 0 amide bonds. The Morgan fingerprint density at radius 2 is 2.05 bits per heavy atom. The number of ether oxygens (including phenoxy) is 1. The van der Waals surface area contributed by atoms with E-state index in [0.29, 0.717) is 12.4 Å². The number of hydrogen-bond donors (Lipinski definition) is 1. The van der Waals surface area contributed by atoms with Crippen molar-refractivity contribution in [1.29, 1.82) is 0 Å². The number of aromatic nitrogens is 2. The molecule has 0 spiro atoms. The topological polar surface area (TPSA) is 107 Å². The lowest BCUT2D eigenvalue weighted by atomic mass is 10.2. The highest BCUT2D eigenvalue weighted by Gasteiger charge is 2.08. The van der Waals surface area contributed by atoms with E-state index in [0.717, 1.165) is 5.56 Å². The highest BCUT2D eigenvalue weighted by molar-refractivity contribution is 5.87. The summed E-state index contributed by atoms with van der Waals surface area (Å²) >= 11 is 0. The summed E-state index contributed by atoms with van der Waals surface area (Å²) < 4.78 is 4.56. The number of nitrogens with zero attached hydrogens (tertiary/aromatic N) is 3. The molecule has 0 unspecified atom stereocenters. The van der Waals surface area contributed by atoms with Crippen LogP contribution in [0.25, 0.3) is 0 Å². The summed E-state index contributed by atoms with van der Waals surface area (Å²) in [6, 6.07) is 6.13. The van der Waals surface area contributed by atoms with Gasteiger partial charge in [-0.3, -0.25) is 15.1 Å². The fourth-order valence-corrected chi connectivity index (χ4v) is 1.58. The molecule has 8 heteroatoms. The quantitative estimate of drug-likeness (QED) is 0.507. The summed E-state index contributed by atoms with van der Waals surface area (Å²) in [7, 11) is 1.26. The smallest absolute Gasteiger partial charge is 0.358 e. The van der Waals surface area contributed by atoms with Gasteiger partial charge in [0.1, 0.15) is 5.82 Å². The van der Waals surface area contributed by atoms with Gasteiger partial charge in [-0.05, 0) is 5.56 Å². The third kappa shape index (κ3) is 3.72. The number of rotatable bonds is 5. The molecule has 1 aromatic carbocycles. The van der Waals surface area contributed by atoms with Gasteiger partial charge in [-0.15, -0.1) is 0 Å². The highest BCUT2D eigenvalue weighted by atomic mass is 16.6. The van der Waals surface area contributed by atoms with Crippen LogP contribution in [-0.4, -0.2) is 28.0 Å². The lowest BCUT2D eigenvalue weighted by Gasteiger charge is -2.06. The molecule has 2 aromatic rings. The van der Waals surface area contributed by atoms with Crippen LogP contribution in [0.2, 0.25) is 0 Å². The van der Waals surface area contributed by atoms with Crippen molar-refractivity contribution in [3.63, 3.8) is 0 Å². The van der Waals surface area contributed by atoms with Gasteiger partial charge in [0, 0.05) is 18.7 Å². The summed E-state index contributed by atoms with van der Waals surface area (Å²) in [6.45, 7) is 0.400. The van der Waals surface area contributed by atoms with Crippen LogP contribution in [0.1, 0.15) is 16.1 Å². The zero-order valence-corrected chi connectivity index (χ0v) is 11.1. The number of non-ortho nitro benzene ring substituents is 1. The van der Waals surface area contributed by atoms with Gasteiger partial charge in [0.2, 0.25) is 0 Å². The molecule has 0 bridgehead atoms. The van der Waals surface area contributed by atoms with Crippen molar-refractivity contribution >= 4 is 17.5 Å². The van der Waals surface area contributed by atoms with Gasteiger partial charge in [-0.2, -0.15) is 0 Å². The summed E-state index contributed by atoms with van der Waals surface area (Å²) in [6.07, 6.45) is 2.78. The minimum absolute atomic E-state index is 0.0335. The first kappa shape index (κ1) is 14.4. The number of nitro benzene ring substituents is 1. The predicted molar refractivity (Wildman–Crippen MR) is 73.8 cm³/mol. The number of nitro groups is 1. The van der Waals surface area contributed by atoms with Crippen LogP contribution < -0.4 is 5.32 Å². The summed E-state index contributed by atoms with van der Waals surface area (Å²) in [4.78, 5) is 29.4. The maximum absolute atomic E-state index is 11.3. The van der Waals surface area contributed by atoms with Gasteiger partial charge in [-0.25, -0.2) is 9.78 Å². The minimum Gasteiger partial charge on any atom is -0.464 e. The first-order valence-electron chi connectivity index (χ1n) is 5.97. The lowest BCUT2D eigenvalue weighted by Crippen LogP contribution is -2.08. The standard InChI is InChI=1S/C13H12N4O4/c1-21-13(18)11-7-14-8-12(16-11)15-6-9-2-4-10(5-3-9)17(19)20/h2-5,7-8H,6H2,1H3,(H,15,16). The summed E-state index contributed by atoms with van der Waals surface area (Å²) in [5.74, 6) is -0.155. The minimum atomic E-state index is -0.568. The van der Waals surface area contributed by atoms with Crippen LogP contribution in [0.3, 0.4) is 0 Å². The molecule has 1 heterocycles. The number of benzene rings is 1. The van der Waals surface area contributed by atoms with Gasteiger partial charge in [0.25, 0.3) is 5.69 Å². The lowest BCUT2D eigenvalue weighted by molar-refractivity contribution is -0.384. The van der Waals surface area contributed by atoms with Crippen LogP contribution in [0.5, 0.6) is 0 Å². The maximum atomic E-state index is 11.3. The van der Waals surface area contributed by atoms with E-state index >= 15 is 0 Å². The molecule has 8 nitrogen and oxygen atoms in total. The summed E-state index contributed by atoms with van der Waals surface area (Å²) in [5, 5.41) is 13.5. The predicted octanol–water partition coefficient (Wildman–Crippen LogP) is 1.78. The van der Waals surface area contributed by atoms with Gasteiger partial charge >= 0.3 is 5.97 Å². The van der Waals surface area contributed by atoms with E-state index in [9.17, 15) is 14.9 Å². The Labute approximate surface area is 120 Å². The van der Waals surface area contributed by atoms with Gasteiger partial charge in [-0.1, -0.05) is 12.1 Å². The SMILES string of the molecule is COC(=O)c1cncc(NCc2ccc([N+](=O)[O-])cc2)n1. The molecule has 108 valence electrons. The summed E-state index contributed by atoms with van der Waals surface area (Å²) in [5.41, 5.74) is 0.975. The Morgan fingerprint density at radius 1 is 1.33 bits per heavy atom. The maximum Gasteiger partial charge on any atom is 0.358 e. The number of methoxy groups -OCH3 is 1. The second-order valence-electron chi connectivity index (χ2n) is 4.06. The van der Waals surface area contributed by atoms with Crippen molar-refractivity contribution in [3.8, 4) is 0 Å². The molecular weight excluding hydrogens is 276 g/mol. The second-order valence-corrected chi connectivity index (χ2v) is 4.06. The number of nitrogens with one attached hydrogen (secondary N) is 1. The number of anilines is 1. The Hall–Kier alpha value is -3.03. The Kier molecular flexibility index (Phi) is 4.39.